The molecule has 1 aromatic rings. The lowest BCUT2D eigenvalue weighted by molar-refractivity contribution is -0.894. The predicted molar refractivity (Wildman–Crippen MR) is 91.5 cm³/mol. The Morgan fingerprint density at radius 3 is 2.68 bits per heavy atom. The summed E-state index contributed by atoms with van der Waals surface area (Å²) in [4.78, 5) is 5.04. The van der Waals surface area contributed by atoms with Crippen LogP contribution in [0.2, 0.25) is 0 Å². The minimum atomic E-state index is 0.756. The summed E-state index contributed by atoms with van der Waals surface area (Å²) in [5, 5.41) is 0. The number of hydrogen-bond donors (Lipinski definition) is 1. The van der Waals surface area contributed by atoms with Crippen LogP contribution in [-0.2, 0) is 0 Å². The molecular weight excluding hydrogens is 276 g/mol. The Bertz CT molecular complexity index is 507. The van der Waals surface area contributed by atoms with Crippen molar-refractivity contribution >= 4 is 11.4 Å². The molecule has 2 N–H and O–H groups in total. The van der Waals surface area contributed by atoms with Crippen LogP contribution in [0.1, 0.15) is 6.42 Å². The van der Waals surface area contributed by atoms with Gasteiger partial charge in [0.2, 0.25) is 0 Å². The zero-order valence-electron chi connectivity index (χ0n) is 13.9. The number of nitrogens with two attached hydrogens (primary N) is 1. The smallest absolute Gasteiger partial charge is 0.144 e. The average Bonchev–Trinajstić information content (AvgIpc) is 2.49. The molecule has 122 valence electrons. The number of ether oxygens (including phenoxy) is 1. The van der Waals surface area contributed by atoms with Crippen molar-refractivity contribution in [1.29, 1.82) is 0 Å². The number of anilines is 2. The molecule has 0 saturated carbocycles. The summed E-state index contributed by atoms with van der Waals surface area (Å²) in [5.41, 5.74) is 7.80. The van der Waals surface area contributed by atoms with Gasteiger partial charge in [-0.1, -0.05) is 0 Å². The maximum absolute atomic E-state index is 5.84. The van der Waals surface area contributed by atoms with Gasteiger partial charge in [-0.05, 0) is 18.6 Å². The predicted octanol–water partition coefficient (Wildman–Crippen LogP) is 1.25. The maximum atomic E-state index is 5.84. The number of quaternary nitrogens is 1. The molecule has 0 spiro atoms. The molecule has 0 radical (unpaired) electrons. The largest absolute Gasteiger partial charge is 0.489 e. The van der Waals surface area contributed by atoms with Gasteiger partial charge in [0.1, 0.15) is 12.4 Å². The van der Waals surface area contributed by atoms with Gasteiger partial charge >= 0.3 is 0 Å². The average molecular weight is 305 g/mol. The number of nitrogen functional groups attached to an aromatic ring is 1. The molecule has 0 amide bonds. The molecular formula is C17H29N4O+. The summed E-state index contributed by atoms with van der Waals surface area (Å²) < 4.78 is 6.88. The van der Waals surface area contributed by atoms with Crippen molar-refractivity contribution in [2.24, 2.45) is 0 Å². The third-order valence-corrected chi connectivity index (χ3v) is 4.89. The minimum Gasteiger partial charge on any atom is -0.489 e. The Kier molecular flexibility index (Phi) is 4.45. The number of piperazine rings is 1. The van der Waals surface area contributed by atoms with Gasteiger partial charge in [0, 0.05) is 37.9 Å². The van der Waals surface area contributed by atoms with Crippen molar-refractivity contribution in [3.05, 3.63) is 18.2 Å². The second kappa shape index (κ2) is 6.34. The lowest BCUT2D eigenvalue weighted by Crippen LogP contribution is -2.55. The van der Waals surface area contributed by atoms with Crippen LogP contribution in [-0.4, -0.2) is 75.9 Å². The molecule has 1 saturated heterocycles. The summed E-state index contributed by atoms with van der Waals surface area (Å²) in [6, 6.07) is 5.99. The summed E-state index contributed by atoms with van der Waals surface area (Å²) >= 11 is 0. The normalized spacial score (nSPS) is 21.3. The second-order valence-corrected chi connectivity index (χ2v) is 7.14. The Morgan fingerprint density at radius 1 is 1.14 bits per heavy atom. The van der Waals surface area contributed by atoms with Crippen molar-refractivity contribution in [3.63, 3.8) is 0 Å². The molecule has 2 heterocycles. The van der Waals surface area contributed by atoms with Crippen LogP contribution in [0.5, 0.6) is 5.75 Å². The molecule has 2 aliphatic heterocycles. The Labute approximate surface area is 133 Å². The Hall–Kier alpha value is -1.46. The molecule has 5 heteroatoms. The van der Waals surface area contributed by atoms with E-state index < -0.39 is 0 Å². The van der Waals surface area contributed by atoms with Gasteiger partial charge in [0.05, 0.1) is 39.4 Å². The van der Waals surface area contributed by atoms with E-state index in [0.29, 0.717) is 0 Å². The monoisotopic (exact) mass is 305 g/mol. The van der Waals surface area contributed by atoms with Crippen molar-refractivity contribution in [2.75, 3.05) is 77.1 Å². The fourth-order valence-corrected chi connectivity index (χ4v) is 3.28. The van der Waals surface area contributed by atoms with Crippen molar-refractivity contribution in [1.82, 2.24) is 4.90 Å². The minimum absolute atomic E-state index is 0.756. The van der Waals surface area contributed by atoms with Crippen LogP contribution in [0.3, 0.4) is 0 Å². The van der Waals surface area contributed by atoms with Crippen LogP contribution in [0.4, 0.5) is 11.4 Å². The maximum Gasteiger partial charge on any atom is 0.144 e. The van der Waals surface area contributed by atoms with Crippen LogP contribution in [0.25, 0.3) is 0 Å². The lowest BCUT2D eigenvalue weighted by Gasteiger charge is -2.39. The Balaban J connectivity index is 1.49. The van der Waals surface area contributed by atoms with Crippen molar-refractivity contribution in [2.45, 2.75) is 6.42 Å². The first-order chi connectivity index (χ1) is 10.5. The highest BCUT2D eigenvalue weighted by Gasteiger charge is 2.24. The topological polar surface area (TPSA) is 41.7 Å². The van der Waals surface area contributed by atoms with Gasteiger partial charge in [-0.3, -0.25) is 4.90 Å². The zero-order chi connectivity index (χ0) is 15.6. The van der Waals surface area contributed by atoms with E-state index in [4.69, 9.17) is 10.5 Å². The molecule has 5 nitrogen and oxygen atoms in total. The molecule has 0 atom stereocenters. The van der Waals surface area contributed by atoms with E-state index in [0.717, 1.165) is 35.6 Å². The van der Waals surface area contributed by atoms with Gasteiger partial charge < -0.3 is 19.9 Å². The summed E-state index contributed by atoms with van der Waals surface area (Å²) in [5.74, 6) is 0.934. The van der Waals surface area contributed by atoms with Gasteiger partial charge in [-0.25, -0.2) is 0 Å². The molecule has 0 aliphatic carbocycles. The number of fused-ring (bicyclic) bond motifs is 1. The summed E-state index contributed by atoms with van der Waals surface area (Å²) in [7, 11) is 4.65. The third-order valence-electron chi connectivity index (χ3n) is 4.89. The summed E-state index contributed by atoms with van der Waals surface area (Å²) in [6.45, 7) is 9.00. The molecule has 0 aromatic heterocycles. The first-order valence-electron chi connectivity index (χ1n) is 8.35. The zero-order valence-corrected chi connectivity index (χ0v) is 13.9. The molecule has 1 aromatic carbocycles. The van der Waals surface area contributed by atoms with E-state index in [1.54, 1.807) is 0 Å². The molecule has 0 bridgehead atoms. The van der Waals surface area contributed by atoms with Gasteiger partial charge in [0.15, 0.2) is 0 Å². The van der Waals surface area contributed by atoms with E-state index in [1.807, 2.05) is 12.1 Å². The first kappa shape index (κ1) is 15.4. The van der Waals surface area contributed by atoms with E-state index in [2.05, 4.69) is 30.0 Å². The fraction of sp³-hybridized carbons (Fsp3) is 0.647. The van der Waals surface area contributed by atoms with Crippen molar-refractivity contribution < 1.29 is 9.22 Å². The number of likely N-dealkylation sites (N-methyl/N-ethyl adjacent to an activating group) is 1. The van der Waals surface area contributed by atoms with Crippen LogP contribution >= 0.6 is 0 Å². The molecule has 1 fully saturated rings. The van der Waals surface area contributed by atoms with E-state index >= 15 is 0 Å². The fourth-order valence-electron chi connectivity index (χ4n) is 3.28. The van der Waals surface area contributed by atoms with E-state index in [1.165, 1.54) is 44.8 Å². The van der Waals surface area contributed by atoms with Crippen LogP contribution < -0.4 is 15.4 Å². The van der Waals surface area contributed by atoms with E-state index in [9.17, 15) is 0 Å². The highest BCUT2D eigenvalue weighted by Crippen LogP contribution is 2.33. The van der Waals surface area contributed by atoms with Gasteiger partial charge in [-0.15, -0.1) is 0 Å². The summed E-state index contributed by atoms with van der Waals surface area (Å²) in [6.07, 6.45) is 1.21. The molecule has 3 rings (SSSR count). The molecule has 0 unspecified atom stereocenters. The SMILES string of the molecule is C[N+]1(C)CCN(CCCN2CCOc3cc(N)ccc32)CC1. The van der Waals surface area contributed by atoms with Crippen molar-refractivity contribution in [3.8, 4) is 5.75 Å². The number of nitrogens with zero attached hydrogens (tertiary/aromatic N) is 3. The van der Waals surface area contributed by atoms with Crippen LogP contribution in [0, 0.1) is 0 Å². The van der Waals surface area contributed by atoms with Gasteiger partial charge in [0.25, 0.3) is 0 Å². The first-order valence-corrected chi connectivity index (χ1v) is 8.35. The standard InChI is InChI=1S/C17H29N4O/c1-21(2)11-8-19(9-12-21)6-3-7-20-10-13-22-17-14-15(18)4-5-16(17)20/h4-5,14H,3,6-13,18H2,1-2H3/q+1. The van der Waals surface area contributed by atoms with E-state index in [-0.39, 0.29) is 0 Å². The molecule has 22 heavy (non-hydrogen) atoms. The quantitative estimate of drug-likeness (QED) is 0.671. The van der Waals surface area contributed by atoms with Gasteiger partial charge in [-0.2, -0.15) is 0 Å². The van der Waals surface area contributed by atoms with Crippen LogP contribution in [0.15, 0.2) is 18.2 Å². The molecule has 2 aliphatic rings. The number of hydrogen-bond acceptors (Lipinski definition) is 4. The highest BCUT2D eigenvalue weighted by molar-refractivity contribution is 5.65. The Morgan fingerprint density at radius 2 is 1.91 bits per heavy atom. The highest BCUT2D eigenvalue weighted by atomic mass is 16.5. The third kappa shape index (κ3) is 3.65. The second-order valence-electron chi connectivity index (χ2n) is 7.14. The number of rotatable bonds is 4. The number of benzene rings is 1. The lowest BCUT2D eigenvalue weighted by atomic mass is 10.2.